The summed E-state index contributed by atoms with van der Waals surface area (Å²) in [5, 5.41) is 12.0. The van der Waals surface area contributed by atoms with E-state index in [0.29, 0.717) is 23.4 Å². The van der Waals surface area contributed by atoms with Crippen LogP contribution in [-0.2, 0) is 26.3 Å². The van der Waals surface area contributed by atoms with Gasteiger partial charge in [-0.1, -0.05) is 44.2 Å². The largest absolute Gasteiger partial charge is 0.487 e. The van der Waals surface area contributed by atoms with E-state index in [1.54, 1.807) is 7.05 Å². The highest BCUT2D eigenvalue weighted by Crippen LogP contribution is 2.31. The van der Waals surface area contributed by atoms with Crippen LogP contribution in [0.25, 0.3) is 11.1 Å². The molecule has 9 heteroatoms. The molecule has 0 aliphatic carbocycles. The lowest BCUT2D eigenvalue weighted by Crippen LogP contribution is -2.36. The minimum atomic E-state index is -0.698. The Hall–Kier alpha value is -3.88. The number of anilines is 1. The molecule has 1 fully saturated rings. The molecule has 0 bridgehead atoms. The van der Waals surface area contributed by atoms with Crippen LogP contribution in [0.15, 0.2) is 48.7 Å². The molecule has 1 aliphatic heterocycles. The first-order valence-corrected chi connectivity index (χ1v) is 13.6. The fourth-order valence-electron chi connectivity index (χ4n) is 5.11. The molecule has 0 atom stereocenters. The van der Waals surface area contributed by atoms with E-state index in [0.717, 1.165) is 50.2 Å². The van der Waals surface area contributed by atoms with E-state index in [1.807, 2.05) is 30.5 Å². The maximum atomic E-state index is 15.0. The first kappa shape index (κ1) is 26.7. The fraction of sp³-hybridized carbons (Fsp3) is 0.400. The van der Waals surface area contributed by atoms with E-state index in [1.165, 1.54) is 28.1 Å². The van der Waals surface area contributed by atoms with E-state index < -0.39 is 11.6 Å². The molecule has 5 rings (SSSR count). The molecule has 4 aromatic rings. The highest BCUT2D eigenvalue weighted by molar-refractivity contribution is 5.65. The number of tetrazole rings is 1. The predicted molar refractivity (Wildman–Crippen MR) is 147 cm³/mol. The molecular formula is C30H34F2N6O. The Morgan fingerprint density at radius 2 is 1.72 bits per heavy atom. The van der Waals surface area contributed by atoms with Gasteiger partial charge < -0.3 is 9.64 Å². The molecule has 2 aromatic heterocycles. The first-order valence-electron chi connectivity index (χ1n) is 13.6. The Bertz CT molecular complexity index is 1410. The van der Waals surface area contributed by atoms with Gasteiger partial charge in [-0.2, -0.15) is 4.80 Å². The van der Waals surface area contributed by atoms with Gasteiger partial charge in [0.05, 0.1) is 13.7 Å². The van der Waals surface area contributed by atoms with Crippen LogP contribution in [0.4, 0.5) is 14.6 Å². The van der Waals surface area contributed by atoms with Gasteiger partial charge in [0, 0.05) is 25.7 Å². The minimum Gasteiger partial charge on any atom is -0.487 e. The lowest BCUT2D eigenvalue weighted by molar-refractivity contribution is 0.207. The third kappa shape index (κ3) is 6.24. The first-order chi connectivity index (χ1) is 18.9. The van der Waals surface area contributed by atoms with Crippen molar-refractivity contribution in [3.05, 3.63) is 82.8 Å². The summed E-state index contributed by atoms with van der Waals surface area (Å²) in [6, 6.07) is 12.4. The van der Waals surface area contributed by atoms with Crippen LogP contribution in [0.1, 0.15) is 49.2 Å². The second-order valence-electron chi connectivity index (χ2n) is 10.1. The number of aryl methyl sites for hydroxylation is 3. The number of benzene rings is 2. The zero-order valence-corrected chi connectivity index (χ0v) is 22.7. The monoisotopic (exact) mass is 532 g/mol. The van der Waals surface area contributed by atoms with Crippen LogP contribution >= 0.6 is 0 Å². The molecular weight excluding hydrogens is 498 g/mol. The highest BCUT2D eigenvalue weighted by Gasteiger charge is 2.24. The average Bonchev–Trinajstić information content (AvgIpc) is 3.36. The van der Waals surface area contributed by atoms with Crippen LogP contribution in [0, 0.1) is 17.6 Å². The SMILES string of the molecule is CCc1cnc(N2CCC(COc3c(F)cc(-c4cccc(Cc5nnn(C)n5)c4)cc3F)CC2)c(CC)c1. The second-order valence-corrected chi connectivity index (χ2v) is 10.1. The number of piperidine rings is 1. The Labute approximate surface area is 227 Å². The van der Waals surface area contributed by atoms with Gasteiger partial charge in [-0.15, -0.1) is 10.2 Å². The summed E-state index contributed by atoms with van der Waals surface area (Å²) in [4.78, 5) is 8.45. The number of ether oxygens (including phenoxy) is 1. The molecule has 2 aromatic carbocycles. The van der Waals surface area contributed by atoms with Gasteiger partial charge in [-0.3, -0.25) is 0 Å². The van der Waals surface area contributed by atoms with Crippen molar-refractivity contribution in [3.8, 4) is 16.9 Å². The van der Waals surface area contributed by atoms with E-state index in [-0.39, 0.29) is 18.3 Å². The molecule has 0 N–H and O–H groups in total. The van der Waals surface area contributed by atoms with E-state index in [4.69, 9.17) is 9.72 Å². The van der Waals surface area contributed by atoms with E-state index >= 15 is 8.78 Å². The maximum Gasteiger partial charge on any atom is 0.190 e. The number of hydrogen-bond donors (Lipinski definition) is 0. The fourth-order valence-corrected chi connectivity index (χ4v) is 5.11. The summed E-state index contributed by atoms with van der Waals surface area (Å²) < 4.78 is 35.7. The summed E-state index contributed by atoms with van der Waals surface area (Å²) in [5.41, 5.74) is 4.61. The van der Waals surface area contributed by atoms with Gasteiger partial charge in [0.2, 0.25) is 0 Å². The van der Waals surface area contributed by atoms with Crippen molar-refractivity contribution in [2.45, 2.75) is 46.0 Å². The molecule has 0 unspecified atom stereocenters. The van der Waals surface area contributed by atoms with Crippen molar-refractivity contribution in [1.82, 2.24) is 25.2 Å². The number of nitrogens with zero attached hydrogens (tertiary/aromatic N) is 6. The van der Waals surface area contributed by atoms with Crippen molar-refractivity contribution >= 4 is 5.82 Å². The molecule has 0 spiro atoms. The summed E-state index contributed by atoms with van der Waals surface area (Å²) >= 11 is 0. The molecule has 0 saturated carbocycles. The Kier molecular flexibility index (Phi) is 8.14. The molecule has 204 valence electrons. The standard InChI is InChI=1S/C30H34F2N6O/c1-4-20-13-23(5-2)30(33-18-20)38-11-9-21(10-12-38)19-39-29-26(31)16-25(17-27(29)32)24-8-6-7-22(14-24)15-28-34-36-37(3)35-28/h6-8,13-14,16-18,21H,4-5,9-12,15,19H2,1-3H3. The van der Waals surface area contributed by atoms with Crippen molar-refractivity contribution in [2.75, 3.05) is 24.6 Å². The predicted octanol–water partition coefficient (Wildman–Crippen LogP) is 5.56. The van der Waals surface area contributed by atoms with Gasteiger partial charge in [-0.05, 0) is 76.8 Å². The summed E-state index contributed by atoms with van der Waals surface area (Å²) in [6.07, 6.45) is 6.12. The number of hydrogen-bond acceptors (Lipinski definition) is 6. The van der Waals surface area contributed by atoms with Gasteiger partial charge in [0.25, 0.3) is 0 Å². The van der Waals surface area contributed by atoms with Crippen LogP contribution < -0.4 is 9.64 Å². The smallest absolute Gasteiger partial charge is 0.190 e. The summed E-state index contributed by atoms with van der Waals surface area (Å²) in [6.45, 7) is 6.28. The minimum absolute atomic E-state index is 0.228. The molecule has 0 amide bonds. The molecule has 0 radical (unpaired) electrons. The zero-order chi connectivity index (χ0) is 27.4. The molecule has 1 saturated heterocycles. The summed E-state index contributed by atoms with van der Waals surface area (Å²) in [7, 11) is 1.71. The number of rotatable bonds is 9. The van der Waals surface area contributed by atoms with Gasteiger partial charge in [-0.25, -0.2) is 13.8 Å². The lowest BCUT2D eigenvalue weighted by Gasteiger charge is -2.34. The Balaban J connectivity index is 1.20. The molecule has 1 aliphatic rings. The van der Waals surface area contributed by atoms with Gasteiger partial charge in [0.15, 0.2) is 23.2 Å². The zero-order valence-electron chi connectivity index (χ0n) is 22.7. The van der Waals surface area contributed by atoms with Crippen LogP contribution in [0.2, 0.25) is 0 Å². The normalized spacial score (nSPS) is 14.1. The lowest BCUT2D eigenvalue weighted by atomic mass is 9.97. The quantitative estimate of drug-likeness (QED) is 0.281. The second kappa shape index (κ2) is 11.9. The third-order valence-corrected chi connectivity index (χ3v) is 7.34. The van der Waals surface area contributed by atoms with Crippen molar-refractivity contribution < 1.29 is 13.5 Å². The topological polar surface area (TPSA) is 69.0 Å². The van der Waals surface area contributed by atoms with Crippen LogP contribution in [0.5, 0.6) is 5.75 Å². The number of halogens is 2. The maximum absolute atomic E-state index is 15.0. The van der Waals surface area contributed by atoms with Gasteiger partial charge in [0.1, 0.15) is 5.82 Å². The molecule has 3 heterocycles. The summed E-state index contributed by atoms with van der Waals surface area (Å²) in [5.74, 6) is 0.154. The molecule has 39 heavy (non-hydrogen) atoms. The highest BCUT2D eigenvalue weighted by atomic mass is 19.1. The average molecular weight is 533 g/mol. The Morgan fingerprint density at radius 3 is 2.38 bits per heavy atom. The Morgan fingerprint density at radius 1 is 0.949 bits per heavy atom. The number of aromatic nitrogens is 5. The van der Waals surface area contributed by atoms with Gasteiger partial charge >= 0.3 is 0 Å². The third-order valence-electron chi connectivity index (χ3n) is 7.34. The molecule has 7 nitrogen and oxygen atoms in total. The van der Waals surface area contributed by atoms with Crippen LogP contribution in [0.3, 0.4) is 0 Å². The number of pyridine rings is 1. The van der Waals surface area contributed by atoms with Crippen LogP contribution in [-0.4, -0.2) is 44.9 Å². The van der Waals surface area contributed by atoms with Crippen molar-refractivity contribution in [3.63, 3.8) is 0 Å². The van der Waals surface area contributed by atoms with Crippen molar-refractivity contribution in [1.29, 1.82) is 0 Å². The van der Waals surface area contributed by atoms with E-state index in [2.05, 4.69) is 40.2 Å². The van der Waals surface area contributed by atoms with E-state index in [9.17, 15) is 0 Å². The van der Waals surface area contributed by atoms with Crippen molar-refractivity contribution in [2.24, 2.45) is 13.0 Å².